The maximum absolute atomic E-state index is 10.7. The zero-order valence-electron chi connectivity index (χ0n) is 9.81. The minimum Gasteiger partial charge on any atom is -0.306 e. The Morgan fingerprint density at radius 3 is 3.00 bits per heavy atom. The van der Waals surface area contributed by atoms with Crippen molar-refractivity contribution in [3.8, 4) is 0 Å². The first-order valence-electron chi connectivity index (χ1n) is 5.68. The summed E-state index contributed by atoms with van der Waals surface area (Å²) in [5, 5.41) is 0. The highest BCUT2D eigenvalue weighted by molar-refractivity contribution is 5.68. The Balaban J connectivity index is 2.24. The molecule has 0 amide bonds. The summed E-state index contributed by atoms with van der Waals surface area (Å²) in [4.78, 5) is 21.4. The molecule has 0 aromatic carbocycles. The van der Waals surface area contributed by atoms with Crippen molar-refractivity contribution in [2.75, 3.05) is 20.1 Å². The Hall–Kier alpha value is -1.29. The van der Waals surface area contributed by atoms with Crippen molar-refractivity contribution in [3.05, 3.63) is 23.3 Å². The van der Waals surface area contributed by atoms with Crippen LogP contribution in [0.4, 0.5) is 0 Å². The van der Waals surface area contributed by atoms with Crippen molar-refractivity contribution in [3.63, 3.8) is 0 Å². The van der Waals surface area contributed by atoms with Crippen LogP contribution < -0.4 is 0 Å². The Kier molecular flexibility index (Phi) is 3.29. The molecule has 1 fully saturated rings. The fourth-order valence-electron chi connectivity index (χ4n) is 2.29. The monoisotopic (exact) mass is 219 g/mol. The number of nitrogens with zero attached hydrogens (tertiary/aromatic N) is 3. The minimum absolute atomic E-state index is 0.309. The molecule has 4 nitrogen and oxygen atoms in total. The molecular formula is C12H17N3O. The molecule has 0 N–H and O–H groups in total. The topological polar surface area (TPSA) is 46.1 Å². The number of carbonyl (C=O) groups is 1. The average molecular weight is 219 g/mol. The normalized spacial score (nSPS) is 22.0. The van der Waals surface area contributed by atoms with Crippen molar-refractivity contribution in [2.24, 2.45) is 0 Å². The van der Waals surface area contributed by atoms with E-state index in [-0.39, 0.29) is 0 Å². The SMILES string of the molecule is Cc1cc(C2CCCN(C)C2)nc(C=O)n1. The molecule has 1 aliphatic rings. The quantitative estimate of drug-likeness (QED) is 0.705. The van der Waals surface area contributed by atoms with Crippen LogP contribution in [0.5, 0.6) is 0 Å². The lowest BCUT2D eigenvalue weighted by atomic mass is 9.94. The maximum atomic E-state index is 10.7. The van der Waals surface area contributed by atoms with Crippen molar-refractivity contribution < 1.29 is 4.79 Å². The van der Waals surface area contributed by atoms with Crippen molar-refractivity contribution in [1.82, 2.24) is 14.9 Å². The number of likely N-dealkylation sites (tertiary alicyclic amines) is 1. The number of aldehydes is 1. The largest absolute Gasteiger partial charge is 0.306 e. The smallest absolute Gasteiger partial charge is 0.193 e. The van der Waals surface area contributed by atoms with Gasteiger partial charge >= 0.3 is 0 Å². The third-order valence-corrected chi connectivity index (χ3v) is 3.04. The van der Waals surface area contributed by atoms with Gasteiger partial charge in [-0.25, -0.2) is 9.97 Å². The number of hydrogen-bond donors (Lipinski definition) is 0. The molecule has 0 spiro atoms. The fraction of sp³-hybridized carbons (Fsp3) is 0.583. The Labute approximate surface area is 95.7 Å². The minimum atomic E-state index is 0.309. The lowest BCUT2D eigenvalue weighted by molar-refractivity contribution is 0.111. The van der Waals surface area contributed by atoms with Gasteiger partial charge in [-0.3, -0.25) is 4.79 Å². The van der Waals surface area contributed by atoms with Gasteiger partial charge in [0.05, 0.1) is 0 Å². The number of hydrogen-bond acceptors (Lipinski definition) is 4. The summed E-state index contributed by atoms with van der Waals surface area (Å²) < 4.78 is 0. The summed E-state index contributed by atoms with van der Waals surface area (Å²) in [7, 11) is 2.13. The summed E-state index contributed by atoms with van der Waals surface area (Å²) in [6.45, 7) is 4.08. The van der Waals surface area contributed by atoms with Crippen LogP contribution in [0, 0.1) is 6.92 Å². The van der Waals surface area contributed by atoms with Crippen molar-refractivity contribution >= 4 is 6.29 Å². The third kappa shape index (κ3) is 2.44. The van der Waals surface area contributed by atoms with E-state index in [9.17, 15) is 4.79 Å². The van der Waals surface area contributed by atoms with Gasteiger partial charge in [0, 0.05) is 23.9 Å². The number of likely N-dealkylation sites (N-methyl/N-ethyl adjacent to an activating group) is 1. The van der Waals surface area contributed by atoms with E-state index >= 15 is 0 Å². The van der Waals surface area contributed by atoms with Crippen LogP contribution in [-0.2, 0) is 0 Å². The van der Waals surface area contributed by atoms with Crippen LogP contribution in [-0.4, -0.2) is 41.3 Å². The van der Waals surface area contributed by atoms with Crippen LogP contribution in [0.3, 0.4) is 0 Å². The van der Waals surface area contributed by atoms with Crippen LogP contribution in [0.15, 0.2) is 6.07 Å². The first kappa shape index (κ1) is 11.2. The summed E-state index contributed by atoms with van der Waals surface area (Å²) in [6, 6.07) is 2.00. The van der Waals surface area contributed by atoms with Gasteiger partial charge in [-0.1, -0.05) is 0 Å². The maximum Gasteiger partial charge on any atom is 0.193 e. The highest BCUT2D eigenvalue weighted by Crippen LogP contribution is 2.24. The predicted octanol–water partition coefficient (Wildman–Crippen LogP) is 1.41. The van der Waals surface area contributed by atoms with Crippen LogP contribution in [0.2, 0.25) is 0 Å². The zero-order chi connectivity index (χ0) is 11.5. The molecule has 2 heterocycles. The molecule has 1 atom stereocenters. The molecule has 0 saturated carbocycles. The standard InChI is InChI=1S/C12H17N3O/c1-9-6-11(14-12(8-16)13-9)10-4-3-5-15(2)7-10/h6,8,10H,3-5,7H2,1-2H3. The number of piperidine rings is 1. The van der Waals surface area contributed by atoms with E-state index in [4.69, 9.17) is 0 Å². The van der Waals surface area contributed by atoms with Crippen LogP contribution in [0.25, 0.3) is 0 Å². The van der Waals surface area contributed by atoms with E-state index in [0.717, 1.165) is 37.2 Å². The first-order valence-corrected chi connectivity index (χ1v) is 5.68. The Morgan fingerprint density at radius 2 is 2.31 bits per heavy atom. The van der Waals surface area contributed by atoms with Crippen LogP contribution in [0.1, 0.15) is 40.8 Å². The van der Waals surface area contributed by atoms with Gasteiger partial charge in [0.1, 0.15) is 0 Å². The summed E-state index contributed by atoms with van der Waals surface area (Å²) in [5.41, 5.74) is 1.89. The van der Waals surface area contributed by atoms with Crippen molar-refractivity contribution in [2.45, 2.75) is 25.7 Å². The number of rotatable bonds is 2. The summed E-state index contributed by atoms with van der Waals surface area (Å²) >= 11 is 0. The molecule has 16 heavy (non-hydrogen) atoms. The molecule has 0 aliphatic carbocycles. The molecule has 1 aliphatic heterocycles. The molecule has 0 radical (unpaired) electrons. The van der Waals surface area contributed by atoms with Gasteiger partial charge < -0.3 is 4.90 Å². The molecule has 1 unspecified atom stereocenters. The van der Waals surface area contributed by atoms with Gasteiger partial charge in [0.2, 0.25) is 0 Å². The molecule has 1 saturated heterocycles. The molecule has 86 valence electrons. The summed E-state index contributed by atoms with van der Waals surface area (Å²) in [6.07, 6.45) is 3.07. The van der Waals surface area contributed by atoms with Gasteiger partial charge in [-0.05, 0) is 39.4 Å². The van der Waals surface area contributed by atoms with Crippen LogP contribution >= 0.6 is 0 Å². The molecule has 1 aromatic heterocycles. The third-order valence-electron chi connectivity index (χ3n) is 3.04. The summed E-state index contributed by atoms with van der Waals surface area (Å²) in [5.74, 6) is 0.752. The highest BCUT2D eigenvalue weighted by atomic mass is 16.1. The lowest BCUT2D eigenvalue weighted by Gasteiger charge is -2.29. The fourth-order valence-corrected chi connectivity index (χ4v) is 2.29. The van der Waals surface area contributed by atoms with Gasteiger partial charge in [-0.2, -0.15) is 0 Å². The first-order chi connectivity index (χ1) is 7.69. The van der Waals surface area contributed by atoms with E-state index in [1.807, 2.05) is 13.0 Å². The van der Waals surface area contributed by atoms with Gasteiger partial charge in [-0.15, -0.1) is 0 Å². The van der Waals surface area contributed by atoms with Crippen molar-refractivity contribution in [1.29, 1.82) is 0 Å². The molecule has 2 rings (SSSR count). The highest BCUT2D eigenvalue weighted by Gasteiger charge is 2.20. The predicted molar refractivity (Wildman–Crippen MR) is 61.6 cm³/mol. The molecule has 1 aromatic rings. The second kappa shape index (κ2) is 4.70. The van der Waals surface area contributed by atoms with E-state index in [2.05, 4.69) is 21.9 Å². The molecule has 4 heteroatoms. The van der Waals surface area contributed by atoms with E-state index in [0.29, 0.717) is 11.7 Å². The number of carbonyl (C=O) groups excluding carboxylic acids is 1. The second-order valence-corrected chi connectivity index (χ2v) is 4.51. The second-order valence-electron chi connectivity index (χ2n) is 4.51. The number of aryl methyl sites for hydroxylation is 1. The Morgan fingerprint density at radius 1 is 1.50 bits per heavy atom. The molecular weight excluding hydrogens is 202 g/mol. The average Bonchev–Trinajstić information content (AvgIpc) is 2.28. The van der Waals surface area contributed by atoms with Gasteiger partial charge in [0.15, 0.2) is 12.1 Å². The van der Waals surface area contributed by atoms with E-state index in [1.54, 1.807) is 0 Å². The Bertz CT molecular complexity index is 392. The van der Waals surface area contributed by atoms with E-state index in [1.165, 1.54) is 6.42 Å². The molecule has 0 bridgehead atoms. The zero-order valence-corrected chi connectivity index (χ0v) is 9.81. The van der Waals surface area contributed by atoms with Gasteiger partial charge in [0.25, 0.3) is 0 Å². The lowest BCUT2D eigenvalue weighted by Crippen LogP contribution is -2.31. The van der Waals surface area contributed by atoms with E-state index < -0.39 is 0 Å². The number of aromatic nitrogens is 2.